The minimum absolute atomic E-state index is 0.0605. The normalized spacial score (nSPS) is 23.6. The van der Waals surface area contributed by atoms with E-state index in [1.807, 2.05) is 24.3 Å². The number of rotatable bonds is 2. The lowest BCUT2D eigenvalue weighted by atomic mass is 9.80. The summed E-state index contributed by atoms with van der Waals surface area (Å²) in [7, 11) is 0. The van der Waals surface area contributed by atoms with Gasteiger partial charge in [0.1, 0.15) is 5.71 Å². The van der Waals surface area contributed by atoms with Crippen molar-refractivity contribution in [3.8, 4) is 0 Å². The van der Waals surface area contributed by atoms with Gasteiger partial charge in [-0.1, -0.05) is 18.2 Å². The molecule has 0 aromatic heterocycles. The summed E-state index contributed by atoms with van der Waals surface area (Å²) in [4.78, 5) is 37.8. The molecule has 3 heterocycles. The highest BCUT2D eigenvalue weighted by Gasteiger charge is 2.39. The zero-order valence-corrected chi connectivity index (χ0v) is 13.8. The maximum Gasteiger partial charge on any atom is 0.270 e. The Bertz CT molecular complexity index is 765. The van der Waals surface area contributed by atoms with Crippen LogP contribution in [-0.2, 0) is 14.4 Å². The molecule has 3 aliphatic rings. The minimum atomic E-state index is -0.152. The molecule has 25 heavy (non-hydrogen) atoms. The van der Waals surface area contributed by atoms with Crippen molar-refractivity contribution in [1.29, 1.82) is 0 Å². The van der Waals surface area contributed by atoms with E-state index in [9.17, 15) is 14.4 Å². The van der Waals surface area contributed by atoms with E-state index in [2.05, 4.69) is 15.8 Å². The number of fused-ring (bicyclic) bond motifs is 1. The SMILES string of the molecule is O=C1CCC(C(=O)N2CCC(C3C(=O)Nc4ccccc43)CC2)=NN1. The van der Waals surface area contributed by atoms with Gasteiger partial charge in [0.25, 0.3) is 5.91 Å². The third kappa shape index (κ3) is 2.90. The zero-order valence-electron chi connectivity index (χ0n) is 13.8. The smallest absolute Gasteiger partial charge is 0.270 e. The molecule has 1 aromatic carbocycles. The number of carbonyl (C=O) groups excluding carboxylic acids is 3. The van der Waals surface area contributed by atoms with Crippen molar-refractivity contribution in [2.75, 3.05) is 18.4 Å². The molecule has 130 valence electrons. The van der Waals surface area contributed by atoms with Gasteiger partial charge in [-0.25, -0.2) is 5.43 Å². The number of anilines is 1. The summed E-state index contributed by atoms with van der Waals surface area (Å²) >= 11 is 0. The predicted octanol–water partition coefficient (Wildman–Crippen LogP) is 1.23. The Labute approximate surface area is 145 Å². The molecule has 1 saturated heterocycles. The molecule has 0 radical (unpaired) electrons. The number of piperidine rings is 1. The topological polar surface area (TPSA) is 90.9 Å². The molecule has 0 spiro atoms. The molecule has 7 heteroatoms. The molecule has 0 saturated carbocycles. The summed E-state index contributed by atoms with van der Waals surface area (Å²) in [5, 5.41) is 6.84. The molecule has 4 rings (SSSR count). The lowest BCUT2D eigenvalue weighted by Crippen LogP contribution is -2.45. The van der Waals surface area contributed by atoms with Gasteiger partial charge in [-0.2, -0.15) is 5.10 Å². The van der Waals surface area contributed by atoms with Crippen LogP contribution in [0.5, 0.6) is 0 Å². The number of amides is 3. The zero-order chi connectivity index (χ0) is 17.4. The molecular weight excluding hydrogens is 320 g/mol. The Morgan fingerprint density at radius 2 is 1.88 bits per heavy atom. The van der Waals surface area contributed by atoms with E-state index < -0.39 is 0 Å². The molecule has 7 nitrogen and oxygen atoms in total. The number of hydrazone groups is 1. The van der Waals surface area contributed by atoms with Crippen LogP contribution in [0.2, 0.25) is 0 Å². The molecule has 1 fully saturated rings. The Kier molecular flexibility index (Phi) is 3.99. The first-order valence-electron chi connectivity index (χ1n) is 8.68. The monoisotopic (exact) mass is 340 g/mol. The number of nitrogens with one attached hydrogen (secondary N) is 2. The first kappa shape index (κ1) is 15.8. The molecule has 1 unspecified atom stereocenters. The van der Waals surface area contributed by atoms with Crippen LogP contribution >= 0.6 is 0 Å². The van der Waals surface area contributed by atoms with Crippen molar-refractivity contribution in [3.05, 3.63) is 29.8 Å². The van der Waals surface area contributed by atoms with Gasteiger partial charge in [-0.3, -0.25) is 14.4 Å². The van der Waals surface area contributed by atoms with Crippen molar-refractivity contribution >= 4 is 29.1 Å². The highest BCUT2D eigenvalue weighted by molar-refractivity contribution is 6.39. The number of benzene rings is 1. The average Bonchev–Trinajstić information content (AvgIpc) is 2.97. The third-order valence-corrected chi connectivity index (χ3v) is 5.29. The quantitative estimate of drug-likeness (QED) is 0.848. The molecule has 2 N–H and O–H groups in total. The lowest BCUT2D eigenvalue weighted by molar-refractivity contribution is -0.126. The van der Waals surface area contributed by atoms with E-state index >= 15 is 0 Å². The van der Waals surface area contributed by atoms with Gasteiger partial charge in [0.2, 0.25) is 11.8 Å². The van der Waals surface area contributed by atoms with Gasteiger partial charge < -0.3 is 10.2 Å². The second-order valence-corrected chi connectivity index (χ2v) is 6.78. The standard InChI is InChI=1S/C18H20N4O3/c23-15-6-5-14(20-21-15)18(25)22-9-7-11(8-10-22)16-12-3-1-2-4-13(12)19-17(16)24/h1-4,11,16H,5-10H2,(H,19,24)(H,21,23). The van der Waals surface area contributed by atoms with Gasteiger partial charge in [0, 0.05) is 31.6 Å². The van der Waals surface area contributed by atoms with Crippen LogP contribution in [0.1, 0.15) is 37.2 Å². The van der Waals surface area contributed by atoms with Crippen molar-refractivity contribution in [2.45, 2.75) is 31.6 Å². The summed E-state index contributed by atoms with van der Waals surface area (Å²) in [5.74, 6) is -0.0818. The van der Waals surface area contributed by atoms with E-state index in [4.69, 9.17) is 0 Å². The molecule has 0 aliphatic carbocycles. The number of carbonyl (C=O) groups is 3. The largest absolute Gasteiger partial charge is 0.338 e. The fourth-order valence-corrected chi connectivity index (χ4v) is 3.95. The average molecular weight is 340 g/mol. The maximum absolute atomic E-state index is 12.5. The summed E-state index contributed by atoms with van der Waals surface area (Å²) in [6, 6.07) is 7.82. The fraction of sp³-hybridized carbons (Fsp3) is 0.444. The number of likely N-dealkylation sites (tertiary alicyclic amines) is 1. The Morgan fingerprint density at radius 3 is 2.60 bits per heavy atom. The van der Waals surface area contributed by atoms with Gasteiger partial charge in [-0.05, 0) is 30.4 Å². The predicted molar refractivity (Wildman–Crippen MR) is 91.9 cm³/mol. The van der Waals surface area contributed by atoms with Crippen LogP contribution in [0.15, 0.2) is 29.4 Å². The van der Waals surface area contributed by atoms with E-state index in [1.165, 1.54) is 0 Å². The highest BCUT2D eigenvalue weighted by atomic mass is 16.2. The minimum Gasteiger partial charge on any atom is -0.338 e. The highest BCUT2D eigenvalue weighted by Crippen LogP contribution is 2.41. The van der Waals surface area contributed by atoms with E-state index in [0.29, 0.717) is 31.6 Å². The first-order valence-corrected chi connectivity index (χ1v) is 8.68. The molecular formula is C18H20N4O3. The van der Waals surface area contributed by atoms with Crippen LogP contribution in [0, 0.1) is 5.92 Å². The number of para-hydroxylation sites is 1. The van der Waals surface area contributed by atoms with E-state index in [-0.39, 0.29) is 29.6 Å². The number of hydrogen-bond donors (Lipinski definition) is 2. The second-order valence-electron chi connectivity index (χ2n) is 6.78. The van der Waals surface area contributed by atoms with Gasteiger partial charge in [0.15, 0.2) is 0 Å². The first-order chi connectivity index (χ1) is 12.1. The summed E-state index contributed by atoms with van der Waals surface area (Å²) in [5.41, 5.74) is 4.76. The molecule has 3 amide bonds. The van der Waals surface area contributed by atoms with Crippen molar-refractivity contribution in [3.63, 3.8) is 0 Å². The molecule has 3 aliphatic heterocycles. The van der Waals surface area contributed by atoms with Gasteiger partial charge in [-0.15, -0.1) is 0 Å². The number of nitrogens with zero attached hydrogens (tertiary/aromatic N) is 2. The Morgan fingerprint density at radius 1 is 1.12 bits per heavy atom. The molecule has 0 bridgehead atoms. The van der Waals surface area contributed by atoms with Crippen molar-refractivity contribution in [2.24, 2.45) is 11.0 Å². The fourth-order valence-electron chi connectivity index (χ4n) is 3.95. The maximum atomic E-state index is 12.5. The Balaban J connectivity index is 1.41. The van der Waals surface area contributed by atoms with E-state index in [0.717, 1.165) is 24.1 Å². The van der Waals surface area contributed by atoms with Gasteiger partial charge in [0.05, 0.1) is 5.92 Å². The van der Waals surface area contributed by atoms with E-state index in [1.54, 1.807) is 4.90 Å². The Hall–Kier alpha value is -2.70. The van der Waals surface area contributed by atoms with Crippen LogP contribution in [0.4, 0.5) is 5.69 Å². The van der Waals surface area contributed by atoms with Crippen LogP contribution in [-0.4, -0.2) is 41.4 Å². The lowest BCUT2D eigenvalue weighted by Gasteiger charge is -2.34. The molecule has 1 aromatic rings. The summed E-state index contributed by atoms with van der Waals surface area (Å²) in [6.07, 6.45) is 2.28. The third-order valence-electron chi connectivity index (χ3n) is 5.29. The number of hydrogen-bond acceptors (Lipinski definition) is 4. The van der Waals surface area contributed by atoms with Crippen LogP contribution in [0.25, 0.3) is 0 Å². The molecule has 1 atom stereocenters. The van der Waals surface area contributed by atoms with Crippen LogP contribution < -0.4 is 10.7 Å². The van der Waals surface area contributed by atoms with Crippen LogP contribution in [0.3, 0.4) is 0 Å². The van der Waals surface area contributed by atoms with Crippen molar-refractivity contribution in [1.82, 2.24) is 10.3 Å². The van der Waals surface area contributed by atoms with Crippen molar-refractivity contribution < 1.29 is 14.4 Å². The summed E-state index contributed by atoms with van der Waals surface area (Å²) in [6.45, 7) is 1.23. The summed E-state index contributed by atoms with van der Waals surface area (Å²) < 4.78 is 0. The van der Waals surface area contributed by atoms with Gasteiger partial charge >= 0.3 is 0 Å². The second kappa shape index (κ2) is 6.31.